The Morgan fingerprint density at radius 2 is 1.52 bits per heavy atom. The van der Waals surface area contributed by atoms with E-state index in [2.05, 4.69) is 38.0 Å². The van der Waals surface area contributed by atoms with E-state index in [1.165, 1.54) is 0 Å². The molecule has 6 rings (SSSR count). The van der Waals surface area contributed by atoms with E-state index in [4.69, 9.17) is 37.9 Å². The van der Waals surface area contributed by atoms with Crippen molar-refractivity contribution in [1.29, 1.82) is 0 Å². The van der Waals surface area contributed by atoms with Crippen LogP contribution in [-0.4, -0.2) is 81.8 Å². The molecule has 10 nitrogen and oxygen atoms in total. The van der Waals surface area contributed by atoms with Crippen molar-refractivity contribution in [2.24, 2.45) is 4.99 Å². The molecular formula is C40H45Cl2N7O3. The first kappa shape index (κ1) is 37.3. The van der Waals surface area contributed by atoms with Gasteiger partial charge < -0.3 is 15.0 Å². The second-order valence-corrected chi connectivity index (χ2v) is 15.4. The largest absolute Gasteiger partial charge is 0.493 e. The van der Waals surface area contributed by atoms with Crippen molar-refractivity contribution in [2.45, 2.75) is 58.0 Å². The SMILES string of the molecule is CCOc1cc(C(C)(C)C)ncc1C1=N[C@@](C)(c2ccc(Cl)cc2)[C@@](C)(c2ccc(Cl)cc2)N1C(=O)N1CCN(CC(=O)Nc2ccccn2)CC1. The van der Waals surface area contributed by atoms with Gasteiger partial charge in [-0.25, -0.2) is 9.78 Å². The molecule has 0 bridgehead atoms. The summed E-state index contributed by atoms with van der Waals surface area (Å²) >= 11 is 12.8. The van der Waals surface area contributed by atoms with Crippen LogP contribution in [0.4, 0.5) is 10.6 Å². The summed E-state index contributed by atoms with van der Waals surface area (Å²) < 4.78 is 6.28. The number of nitrogens with zero attached hydrogens (tertiary/aromatic N) is 6. The van der Waals surface area contributed by atoms with Gasteiger partial charge in [-0.3, -0.25) is 24.6 Å². The Hall–Kier alpha value is -4.51. The summed E-state index contributed by atoms with van der Waals surface area (Å²) in [6.07, 6.45) is 3.41. The molecule has 0 spiro atoms. The second kappa shape index (κ2) is 14.8. The summed E-state index contributed by atoms with van der Waals surface area (Å²) in [5.74, 6) is 1.40. The zero-order valence-electron chi connectivity index (χ0n) is 30.5. The van der Waals surface area contributed by atoms with E-state index < -0.39 is 11.1 Å². The number of pyridine rings is 2. The lowest BCUT2D eigenvalue weighted by atomic mass is 9.71. The number of aliphatic imine (C=N–C) groups is 1. The highest BCUT2D eigenvalue weighted by molar-refractivity contribution is 6.30. The summed E-state index contributed by atoms with van der Waals surface area (Å²) in [5.41, 5.74) is 0.927. The fourth-order valence-electron chi connectivity index (χ4n) is 6.92. The molecule has 0 unspecified atom stereocenters. The molecule has 272 valence electrons. The van der Waals surface area contributed by atoms with Gasteiger partial charge in [0.25, 0.3) is 0 Å². The number of carbonyl (C=O) groups excluding carboxylic acids is 2. The van der Waals surface area contributed by atoms with Crippen molar-refractivity contribution < 1.29 is 14.3 Å². The van der Waals surface area contributed by atoms with Gasteiger partial charge in [-0.1, -0.05) is 74.3 Å². The molecule has 2 aromatic carbocycles. The number of ether oxygens (including phenoxy) is 1. The molecule has 1 saturated heterocycles. The summed E-state index contributed by atoms with van der Waals surface area (Å²) in [7, 11) is 0. The average Bonchev–Trinajstić information content (AvgIpc) is 3.36. The van der Waals surface area contributed by atoms with Crippen LogP contribution in [0.15, 0.2) is 90.2 Å². The first-order valence-electron chi connectivity index (χ1n) is 17.5. The zero-order valence-corrected chi connectivity index (χ0v) is 32.0. The van der Waals surface area contributed by atoms with Crippen LogP contribution in [0.1, 0.15) is 63.9 Å². The van der Waals surface area contributed by atoms with Crippen molar-refractivity contribution in [3.63, 3.8) is 0 Å². The number of piperazine rings is 1. The minimum absolute atomic E-state index is 0.156. The number of urea groups is 1. The molecule has 2 aliphatic rings. The third-order valence-electron chi connectivity index (χ3n) is 10.1. The van der Waals surface area contributed by atoms with Gasteiger partial charge >= 0.3 is 6.03 Å². The van der Waals surface area contributed by atoms with Crippen LogP contribution in [-0.2, 0) is 21.3 Å². The molecular weight excluding hydrogens is 697 g/mol. The predicted octanol–water partition coefficient (Wildman–Crippen LogP) is 7.75. The third-order valence-corrected chi connectivity index (χ3v) is 10.6. The highest BCUT2D eigenvalue weighted by Gasteiger charge is 2.60. The van der Waals surface area contributed by atoms with Crippen LogP contribution in [0.3, 0.4) is 0 Å². The maximum Gasteiger partial charge on any atom is 0.326 e. The van der Waals surface area contributed by atoms with E-state index >= 15 is 4.79 Å². The van der Waals surface area contributed by atoms with E-state index in [1.807, 2.05) is 89.2 Å². The van der Waals surface area contributed by atoms with Crippen LogP contribution < -0.4 is 10.1 Å². The van der Waals surface area contributed by atoms with Crippen LogP contribution >= 0.6 is 23.2 Å². The second-order valence-electron chi connectivity index (χ2n) is 14.5. The van der Waals surface area contributed by atoms with E-state index in [-0.39, 0.29) is 23.9 Å². The molecule has 0 saturated carbocycles. The first-order chi connectivity index (χ1) is 24.7. The third kappa shape index (κ3) is 7.24. The molecule has 52 heavy (non-hydrogen) atoms. The van der Waals surface area contributed by atoms with E-state index in [1.54, 1.807) is 24.5 Å². The molecule has 2 atom stereocenters. The van der Waals surface area contributed by atoms with Gasteiger partial charge in [0.2, 0.25) is 5.91 Å². The first-order valence-corrected chi connectivity index (χ1v) is 18.3. The van der Waals surface area contributed by atoms with Crippen molar-refractivity contribution in [3.05, 3.63) is 118 Å². The van der Waals surface area contributed by atoms with Crippen molar-refractivity contribution in [1.82, 2.24) is 24.7 Å². The number of hydrogen-bond donors (Lipinski definition) is 1. The van der Waals surface area contributed by atoms with Crippen LogP contribution in [0.5, 0.6) is 5.75 Å². The molecule has 2 aromatic heterocycles. The van der Waals surface area contributed by atoms with Crippen molar-refractivity contribution >= 4 is 46.8 Å². The highest BCUT2D eigenvalue weighted by Crippen LogP contribution is 2.54. The van der Waals surface area contributed by atoms with Crippen LogP contribution in [0, 0.1) is 0 Å². The Morgan fingerprint density at radius 1 is 0.885 bits per heavy atom. The Balaban J connectivity index is 1.42. The van der Waals surface area contributed by atoms with Crippen LogP contribution in [0.2, 0.25) is 10.0 Å². The van der Waals surface area contributed by atoms with E-state index in [0.717, 1.165) is 16.8 Å². The Labute approximate surface area is 315 Å². The van der Waals surface area contributed by atoms with Crippen LogP contribution in [0.25, 0.3) is 0 Å². The molecule has 0 radical (unpaired) electrons. The number of anilines is 1. The Morgan fingerprint density at radius 3 is 2.10 bits per heavy atom. The zero-order chi connectivity index (χ0) is 37.3. The van der Waals surface area contributed by atoms with Gasteiger partial charge in [0, 0.05) is 65.8 Å². The van der Waals surface area contributed by atoms with E-state index in [0.29, 0.717) is 65.8 Å². The minimum atomic E-state index is -1.05. The van der Waals surface area contributed by atoms with Gasteiger partial charge in [0.15, 0.2) is 0 Å². The monoisotopic (exact) mass is 741 g/mol. The Bertz CT molecular complexity index is 1940. The van der Waals surface area contributed by atoms with E-state index in [9.17, 15) is 4.79 Å². The predicted molar refractivity (Wildman–Crippen MR) is 206 cm³/mol. The smallest absolute Gasteiger partial charge is 0.326 e. The molecule has 2 aliphatic heterocycles. The number of nitrogens with one attached hydrogen (secondary N) is 1. The minimum Gasteiger partial charge on any atom is -0.493 e. The molecule has 4 aromatic rings. The lowest BCUT2D eigenvalue weighted by molar-refractivity contribution is -0.117. The maximum absolute atomic E-state index is 15.2. The van der Waals surface area contributed by atoms with Gasteiger partial charge in [-0.05, 0) is 68.3 Å². The molecule has 0 aliphatic carbocycles. The molecule has 3 amide bonds. The lowest BCUT2D eigenvalue weighted by Gasteiger charge is -2.47. The number of carbonyl (C=O) groups is 2. The number of amidine groups is 1. The molecule has 1 N–H and O–H groups in total. The van der Waals surface area contributed by atoms with Gasteiger partial charge in [-0.2, -0.15) is 0 Å². The van der Waals surface area contributed by atoms with Crippen molar-refractivity contribution in [2.75, 3.05) is 44.6 Å². The Kier molecular flexibility index (Phi) is 10.6. The number of halogens is 2. The molecule has 4 heterocycles. The summed E-state index contributed by atoms with van der Waals surface area (Å²) in [6.45, 7) is 14.8. The van der Waals surface area contributed by atoms with Gasteiger partial charge in [0.05, 0.1) is 18.7 Å². The van der Waals surface area contributed by atoms with Crippen molar-refractivity contribution in [3.8, 4) is 5.75 Å². The standard InChI is InChI=1S/C40H45Cl2N7O3/c1-7-52-32-24-33(38(2,3)4)44-25-31(32)36-46-39(5,27-11-15-29(41)16-12-27)40(6,28-13-17-30(42)18-14-28)49(36)37(51)48-22-20-47(21-23-48)26-35(50)45-34-10-8-9-19-43-34/h8-19,24-25H,7,20-23,26H2,1-6H3,(H,43,45,50)/t39-,40+/m0/s1. The lowest BCUT2D eigenvalue weighted by Crippen LogP contribution is -2.61. The molecule has 1 fully saturated rings. The summed E-state index contributed by atoms with van der Waals surface area (Å²) in [6, 6.07) is 22.3. The number of rotatable bonds is 8. The maximum atomic E-state index is 15.2. The fraction of sp³-hybridized carbons (Fsp3) is 0.375. The summed E-state index contributed by atoms with van der Waals surface area (Å²) in [4.78, 5) is 48.3. The topological polar surface area (TPSA) is 103 Å². The highest BCUT2D eigenvalue weighted by atomic mass is 35.5. The van der Waals surface area contributed by atoms with Gasteiger partial charge in [0.1, 0.15) is 28.5 Å². The number of benzene rings is 2. The number of amides is 3. The van der Waals surface area contributed by atoms with Gasteiger partial charge in [-0.15, -0.1) is 0 Å². The number of aromatic nitrogens is 2. The number of hydrogen-bond acceptors (Lipinski definition) is 7. The average molecular weight is 743 g/mol. The quantitative estimate of drug-likeness (QED) is 0.198. The summed E-state index contributed by atoms with van der Waals surface area (Å²) in [5, 5.41) is 4.03. The normalized spacial score (nSPS) is 20.8. The fourth-order valence-corrected chi connectivity index (χ4v) is 7.17. The molecule has 12 heteroatoms.